The van der Waals surface area contributed by atoms with Crippen molar-refractivity contribution in [3.05, 3.63) is 51.7 Å². The smallest absolute Gasteiger partial charge is 0.0440 e. The monoisotopic (exact) mass is 286 g/mol. The fraction of sp³-hybridized carbons (Fsp3) is 0.412. The first-order valence-electron chi connectivity index (χ1n) is 7.30. The van der Waals surface area contributed by atoms with Crippen LogP contribution in [0.15, 0.2) is 35.0 Å². The number of benzene rings is 1. The molecule has 0 radical (unpaired) electrons. The molecule has 1 N–H and O–H groups in total. The third kappa shape index (κ3) is 3.05. The van der Waals surface area contributed by atoms with Crippen molar-refractivity contribution in [1.82, 2.24) is 5.32 Å². The minimum absolute atomic E-state index is 0.740. The Morgan fingerprint density at radius 3 is 2.70 bits per heavy atom. The lowest BCUT2D eigenvalue weighted by Gasteiger charge is -2.26. The van der Waals surface area contributed by atoms with Crippen LogP contribution in [-0.4, -0.2) is 13.1 Å². The summed E-state index contributed by atoms with van der Waals surface area (Å²) in [5.74, 6) is 0. The number of hydrogen-bond acceptors (Lipinski definition) is 3. The summed E-state index contributed by atoms with van der Waals surface area (Å²) in [6, 6.07) is 9.84. The first-order valence-corrected chi connectivity index (χ1v) is 8.24. The van der Waals surface area contributed by atoms with Gasteiger partial charge in [-0.2, -0.15) is 11.3 Å². The molecule has 20 heavy (non-hydrogen) atoms. The van der Waals surface area contributed by atoms with E-state index in [-0.39, 0.29) is 0 Å². The lowest BCUT2D eigenvalue weighted by Crippen LogP contribution is -2.25. The molecule has 0 atom stereocenters. The van der Waals surface area contributed by atoms with Crippen molar-refractivity contribution in [2.45, 2.75) is 38.9 Å². The van der Waals surface area contributed by atoms with E-state index in [0.29, 0.717) is 0 Å². The summed E-state index contributed by atoms with van der Waals surface area (Å²) in [5.41, 5.74) is 5.58. The highest BCUT2D eigenvalue weighted by Crippen LogP contribution is 2.35. The van der Waals surface area contributed by atoms with E-state index < -0.39 is 0 Å². The molecule has 3 heteroatoms. The van der Waals surface area contributed by atoms with Gasteiger partial charge >= 0.3 is 0 Å². The van der Waals surface area contributed by atoms with Crippen LogP contribution < -0.4 is 10.2 Å². The molecule has 1 aromatic heterocycles. The van der Waals surface area contributed by atoms with E-state index in [4.69, 9.17) is 0 Å². The average molecular weight is 286 g/mol. The molecule has 1 aromatic carbocycles. The number of nitrogens with zero attached hydrogens (tertiary/aromatic N) is 1. The highest BCUT2D eigenvalue weighted by Gasteiger charge is 2.30. The van der Waals surface area contributed by atoms with Crippen LogP contribution >= 0.6 is 11.3 Å². The summed E-state index contributed by atoms with van der Waals surface area (Å²) in [6.45, 7) is 4.22. The van der Waals surface area contributed by atoms with E-state index in [1.54, 1.807) is 11.3 Å². The second kappa shape index (κ2) is 5.98. The Labute approximate surface area is 125 Å². The Bertz CT molecular complexity index is 558. The summed E-state index contributed by atoms with van der Waals surface area (Å²) >= 11 is 1.79. The van der Waals surface area contributed by atoms with Crippen molar-refractivity contribution in [2.24, 2.45) is 0 Å². The van der Waals surface area contributed by atoms with Gasteiger partial charge in [-0.15, -0.1) is 0 Å². The maximum absolute atomic E-state index is 3.22. The quantitative estimate of drug-likeness (QED) is 0.865. The highest BCUT2D eigenvalue weighted by molar-refractivity contribution is 7.07. The molecule has 0 aliphatic heterocycles. The molecule has 2 nitrogen and oxygen atoms in total. The predicted octanol–water partition coefficient (Wildman–Crippen LogP) is 3.94. The summed E-state index contributed by atoms with van der Waals surface area (Å²) in [6.07, 6.45) is 2.67. The van der Waals surface area contributed by atoms with Gasteiger partial charge in [-0.1, -0.05) is 12.1 Å². The Kier molecular flexibility index (Phi) is 4.08. The van der Waals surface area contributed by atoms with Crippen molar-refractivity contribution in [1.29, 1.82) is 0 Å². The molecule has 2 aromatic rings. The van der Waals surface area contributed by atoms with Gasteiger partial charge in [0.25, 0.3) is 0 Å². The average Bonchev–Trinajstić information content (AvgIpc) is 3.15. The van der Waals surface area contributed by atoms with Crippen molar-refractivity contribution < 1.29 is 0 Å². The molecule has 106 valence electrons. The van der Waals surface area contributed by atoms with E-state index in [0.717, 1.165) is 19.1 Å². The predicted molar refractivity (Wildman–Crippen MR) is 87.5 cm³/mol. The molecular weight excluding hydrogens is 264 g/mol. The number of anilines is 1. The summed E-state index contributed by atoms with van der Waals surface area (Å²) in [4.78, 5) is 2.58. The van der Waals surface area contributed by atoms with Crippen LogP contribution in [0.3, 0.4) is 0 Å². The third-order valence-electron chi connectivity index (χ3n) is 3.87. The van der Waals surface area contributed by atoms with Gasteiger partial charge in [-0.3, -0.25) is 0 Å². The second-order valence-corrected chi connectivity index (χ2v) is 6.42. The first-order chi connectivity index (χ1) is 9.78. The van der Waals surface area contributed by atoms with Gasteiger partial charge in [0.05, 0.1) is 0 Å². The molecule has 1 heterocycles. The highest BCUT2D eigenvalue weighted by atomic mass is 32.1. The van der Waals surface area contributed by atoms with Gasteiger partial charge in [0.15, 0.2) is 0 Å². The zero-order chi connectivity index (χ0) is 13.9. The fourth-order valence-electron chi connectivity index (χ4n) is 2.73. The molecule has 0 unspecified atom stereocenters. The Morgan fingerprint density at radius 1 is 1.25 bits per heavy atom. The second-order valence-electron chi connectivity index (χ2n) is 5.64. The summed E-state index contributed by atoms with van der Waals surface area (Å²) in [5, 5.41) is 7.65. The summed E-state index contributed by atoms with van der Waals surface area (Å²) < 4.78 is 0. The number of nitrogens with one attached hydrogen (secondary N) is 1. The lowest BCUT2D eigenvalue weighted by molar-refractivity contribution is 0.788. The molecule has 0 amide bonds. The maximum Gasteiger partial charge on any atom is 0.0440 e. The molecule has 0 saturated heterocycles. The van der Waals surface area contributed by atoms with Gasteiger partial charge in [-0.25, -0.2) is 0 Å². The van der Waals surface area contributed by atoms with E-state index in [1.165, 1.54) is 35.2 Å². The number of aryl methyl sites for hydroxylation is 1. The van der Waals surface area contributed by atoms with Crippen LogP contribution in [0.4, 0.5) is 5.69 Å². The normalized spacial score (nSPS) is 14.5. The largest absolute Gasteiger partial charge is 0.364 e. The van der Waals surface area contributed by atoms with Crippen LogP contribution in [0.5, 0.6) is 0 Å². The third-order valence-corrected chi connectivity index (χ3v) is 4.60. The van der Waals surface area contributed by atoms with Crippen molar-refractivity contribution in [3.8, 4) is 0 Å². The number of rotatable bonds is 6. The zero-order valence-corrected chi connectivity index (χ0v) is 13.0. The molecule has 0 spiro atoms. The van der Waals surface area contributed by atoms with Gasteiger partial charge in [-0.05, 0) is 66.4 Å². The number of hydrogen-bond donors (Lipinski definition) is 1. The van der Waals surface area contributed by atoms with Crippen molar-refractivity contribution in [3.63, 3.8) is 0 Å². The Balaban J connectivity index is 1.83. The molecule has 1 saturated carbocycles. The first kappa shape index (κ1) is 13.7. The minimum Gasteiger partial charge on any atom is -0.364 e. The van der Waals surface area contributed by atoms with E-state index in [9.17, 15) is 0 Å². The van der Waals surface area contributed by atoms with Crippen LogP contribution in [-0.2, 0) is 13.1 Å². The van der Waals surface area contributed by atoms with Crippen LogP contribution in [0.25, 0.3) is 0 Å². The van der Waals surface area contributed by atoms with Crippen molar-refractivity contribution in [2.75, 3.05) is 11.9 Å². The molecule has 3 rings (SSSR count). The van der Waals surface area contributed by atoms with E-state index in [2.05, 4.69) is 52.2 Å². The van der Waals surface area contributed by atoms with Gasteiger partial charge in [0.1, 0.15) is 0 Å². The lowest BCUT2D eigenvalue weighted by atomic mass is 10.1. The van der Waals surface area contributed by atoms with Gasteiger partial charge in [0, 0.05) is 24.8 Å². The van der Waals surface area contributed by atoms with E-state index >= 15 is 0 Å². The van der Waals surface area contributed by atoms with Gasteiger partial charge in [0.2, 0.25) is 0 Å². The van der Waals surface area contributed by atoms with Crippen LogP contribution in [0.1, 0.15) is 29.5 Å². The Morgan fingerprint density at radius 2 is 2.10 bits per heavy atom. The zero-order valence-electron chi connectivity index (χ0n) is 12.2. The number of thiophene rings is 1. The molecular formula is C17H22N2S. The maximum atomic E-state index is 3.22. The molecule has 1 aliphatic carbocycles. The summed E-state index contributed by atoms with van der Waals surface area (Å²) in [7, 11) is 2.00. The van der Waals surface area contributed by atoms with Gasteiger partial charge < -0.3 is 10.2 Å². The molecule has 0 bridgehead atoms. The Hall–Kier alpha value is -1.32. The van der Waals surface area contributed by atoms with Crippen molar-refractivity contribution >= 4 is 17.0 Å². The van der Waals surface area contributed by atoms with E-state index in [1.807, 2.05) is 7.05 Å². The fourth-order valence-corrected chi connectivity index (χ4v) is 3.39. The minimum atomic E-state index is 0.740. The SMILES string of the molecule is CNCc1ccc(N(Cc2ccsc2)C2CC2)c(C)c1. The standard InChI is InChI=1S/C17H22N2S/c1-13-9-14(10-18-2)3-6-17(13)19(16-4-5-16)11-15-7-8-20-12-15/h3,6-9,12,16,18H,4-5,10-11H2,1-2H3. The molecule has 1 fully saturated rings. The topological polar surface area (TPSA) is 15.3 Å². The molecule has 1 aliphatic rings. The van der Waals surface area contributed by atoms with Crippen LogP contribution in [0.2, 0.25) is 0 Å². The van der Waals surface area contributed by atoms with Crippen LogP contribution in [0, 0.1) is 6.92 Å².